The van der Waals surface area contributed by atoms with E-state index in [2.05, 4.69) is 52.8 Å². The molecule has 1 aliphatic heterocycles. The quantitative estimate of drug-likeness (QED) is 0.0205. The van der Waals surface area contributed by atoms with Gasteiger partial charge in [-0.05, 0) is 63.3 Å². The minimum atomic E-state index is -2.38. The number of ketones is 2. The van der Waals surface area contributed by atoms with Crippen LogP contribution in [-0.2, 0) is 97.5 Å². The van der Waals surface area contributed by atoms with Crippen LogP contribution in [0.3, 0.4) is 0 Å². The number of ether oxygens (including phenoxy) is 1. The van der Waals surface area contributed by atoms with Crippen molar-refractivity contribution in [3.05, 3.63) is 65.9 Å². The Balaban J connectivity index is -0.00000477. The third-order valence-electron chi connectivity index (χ3n) is 15.8. The van der Waals surface area contributed by atoms with Crippen LogP contribution in [0, 0.1) is 5.92 Å². The number of para-hydroxylation sites is 2. The zero-order valence-electron chi connectivity index (χ0n) is 56.9. The number of anilines is 1. The third-order valence-corrected chi connectivity index (χ3v) is 15.8. The first-order chi connectivity index (χ1) is 48.9. The van der Waals surface area contributed by atoms with Gasteiger partial charge in [0.05, 0.1) is 51.4 Å². The molecule has 0 radical (unpaired) electrons. The van der Waals surface area contributed by atoms with Crippen LogP contribution in [0.15, 0.2) is 54.7 Å². The Labute approximate surface area is 603 Å². The number of carboxylic acids is 4. The fraction of sp³-hybridized carbons (Fsp3) is 0.484. The highest BCUT2D eigenvalue weighted by molar-refractivity contribution is 6.05. The molecule has 1 saturated heterocycles. The predicted octanol–water partition coefficient (Wildman–Crippen LogP) is -4.40. The summed E-state index contributed by atoms with van der Waals surface area (Å²) in [6, 6.07) is -9.68. The van der Waals surface area contributed by atoms with E-state index in [1.807, 2.05) is 16.0 Å². The van der Waals surface area contributed by atoms with Gasteiger partial charge in [0, 0.05) is 52.6 Å². The van der Waals surface area contributed by atoms with Gasteiger partial charge in [0.25, 0.3) is 0 Å². The largest absolute Gasteiger partial charge is 0.481 e. The smallest absolute Gasteiger partial charge is 0.329 e. The molecule has 12 amide bonds. The van der Waals surface area contributed by atoms with Crippen LogP contribution >= 0.6 is 0 Å². The van der Waals surface area contributed by atoms with E-state index in [1.165, 1.54) is 24.3 Å². The summed E-state index contributed by atoms with van der Waals surface area (Å²) in [5.41, 5.74) is 13.2. The van der Waals surface area contributed by atoms with Gasteiger partial charge in [-0.25, -0.2) is 4.79 Å². The molecule has 582 valence electrons. The van der Waals surface area contributed by atoms with Crippen LogP contribution in [-0.4, -0.2) is 235 Å². The number of carbonyl (C=O) groups excluding carboxylic acids is 15. The highest BCUT2D eigenvalue weighted by atomic mass is 16.5. The highest BCUT2D eigenvalue weighted by Crippen LogP contribution is 2.20. The van der Waals surface area contributed by atoms with Gasteiger partial charge < -0.3 is 111 Å². The van der Waals surface area contributed by atoms with Crippen molar-refractivity contribution in [3.63, 3.8) is 0 Å². The summed E-state index contributed by atoms with van der Waals surface area (Å²) in [6.45, 7) is 2.06. The normalized spacial score (nSPS) is 22.2. The molecular weight excluding hydrogens is 1380 g/mol. The van der Waals surface area contributed by atoms with E-state index in [0.717, 1.165) is 27.7 Å². The number of aromatic nitrogens is 1. The summed E-state index contributed by atoms with van der Waals surface area (Å²) in [7, 11) is 0. The maximum atomic E-state index is 14.7. The van der Waals surface area contributed by atoms with Gasteiger partial charge in [0.15, 0.2) is 5.78 Å². The number of rotatable bonds is 26. The first-order valence-corrected chi connectivity index (χ1v) is 32.4. The number of hydrogen-bond acceptors (Lipinski definition) is 23. The van der Waals surface area contributed by atoms with E-state index in [9.17, 15) is 117 Å². The molecular formula is C64H101N15O25. The molecule has 2 aromatic carbocycles. The molecule has 1 aliphatic rings. The predicted molar refractivity (Wildman–Crippen MR) is 373 cm³/mol. The number of cyclic esters (lactones) is 1. The molecule has 40 heteroatoms. The summed E-state index contributed by atoms with van der Waals surface area (Å²) in [6.07, 6.45) is -6.95. The number of nitrogens with two attached hydrogens (primary N) is 2. The lowest BCUT2D eigenvalue weighted by Gasteiger charge is -2.30. The number of carbonyl (C=O) groups is 19. The minimum Gasteiger partial charge on any atom is -0.481 e. The number of aromatic amines is 1. The second kappa shape index (κ2) is 40.5. The molecule has 11 unspecified atom stereocenters. The van der Waals surface area contributed by atoms with Gasteiger partial charge in [-0.2, -0.15) is 0 Å². The molecule has 22 N–H and O–H groups in total. The molecule has 40 nitrogen and oxygen atoms in total. The molecule has 4 rings (SSSR count). The number of carboxylic acid groups (broad SMARTS) is 4. The Kier molecular flexibility index (Phi) is 32.9. The van der Waals surface area contributed by atoms with Crippen LogP contribution in [0.5, 0.6) is 0 Å². The Morgan fingerprint density at radius 2 is 1.13 bits per heavy atom. The van der Waals surface area contributed by atoms with Crippen LogP contribution in [0.2, 0.25) is 0 Å². The van der Waals surface area contributed by atoms with E-state index in [-0.39, 0.29) is 41.9 Å². The second-order valence-electron chi connectivity index (χ2n) is 24.3. The Morgan fingerprint density at radius 1 is 0.596 bits per heavy atom. The number of hydrogen-bond donors (Lipinski definition) is 20. The zero-order chi connectivity index (χ0) is 77.8. The second-order valence-corrected chi connectivity index (χ2v) is 24.3. The maximum Gasteiger partial charge on any atom is 0.329 e. The number of nitrogens with one attached hydrogen (secondary N) is 13. The van der Waals surface area contributed by atoms with Gasteiger partial charge in [-0.3, -0.25) is 86.3 Å². The average Bonchev–Trinajstić information content (AvgIpc) is 1.34. The molecule has 0 bridgehead atoms. The number of unbranched alkanes of at least 4 members (excludes halogenated alkanes) is 1. The summed E-state index contributed by atoms with van der Waals surface area (Å²) in [4.78, 5) is 260. The maximum absolute atomic E-state index is 14.7. The molecule has 0 spiro atoms. The van der Waals surface area contributed by atoms with Gasteiger partial charge in [-0.1, -0.05) is 57.0 Å². The van der Waals surface area contributed by atoms with Gasteiger partial charge in [0.1, 0.15) is 72.3 Å². The Hall–Kier alpha value is -12.0. The van der Waals surface area contributed by atoms with E-state index in [4.69, 9.17) is 16.2 Å². The van der Waals surface area contributed by atoms with E-state index >= 15 is 0 Å². The van der Waals surface area contributed by atoms with E-state index in [1.54, 1.807) is 37.4 Å². The van der Waals surface area contributed by atoms with Crippen molar-refractivity contribution in [2.24, 2.45) is 11.7 Å². The van der Waals surface area contributed by atoms with Gasteiger partial charge in [0.2, 0.25) is 70.9 Å². The number of aliphatic hydroxyl groups is 1. The Bertz CT molecular complexity index is 3790. The van der Waals surface area contributed by atoms with Crippen molar-refractivity contribution in [1.82, 2.24) is 68.8 Å². The summed E-state index contributed by atoms with van der Waals surface area (Å²) in [5.74, 6) is -27.9. The number of H-pyrrole nitrogens is 1. The van der Waals surface area contributed by atoms with Crippen LogP contribution < -0.4 is 75.3 Å². The molecule has 0 saturated carbocycles. The number of aliphatic hydroxyl groups excluding tert-OH is 1. The van der Waals surface area contributed by atoms with Crippen molar-refractivity contribution >= 4 is 129 Å². The fourth-order valence-corrected chi connectivity index (χ4v) is 10.3. The molecule has 0 aliphatic carbocycles. The topological polar surface area (TPSA) is 647 Å². The van der Waals surface area contributed by atoms with Gasteiger partial charge >= 0.3 is 29.8 Å². The monoisotopic (exact) mass is 1480 g/mol. The number of benzene rings is 2. The number of amides is 12. The zero-order valence-corrected chi connectivity index (χ0v) is 56.9. The first kappa shape index (κ1) is 84.4. The molecule has 104 heavy (non-hydrogen) atoms. The van der Waals surface area contributed by atoms with Crippen LogP contribution in [0.4, 0.5) is 5.69 Å². The molecule has 1 aromatic heterocycles. The number of Topliss-reactive ketones (excluding diaryl/α,β-unsaturated/α-hetero) is 2. The number of fused-ring (bicyclic) bond motifs is 1. The van der Waals surface area contributed by atoms with Crippen LogP contribution in [0.25, 0.3) is 10.9 Å². The van der Waals surface area contributed by atoms with Crippen molar-refractivity contribution in [2.45, 2.75) is 171 Å². The number of esters is 1. The lowest BCUT2D eigenvalue weighted by atomic mass is 9.96. The summed E-state index contributed by atoms with van der Waals surface area (Å²) in [5, 5.41) is 75.9. The lowest BCUT2D eigenvalue weighted by Crippen LogP contribution is -2.61. The fourth-order valence-electron chi connectivity index (χ4n) is 10.3. The molecule has 2 heterocycles. The first-order valence-electron chi connectivity index (χ1n) is 32.4. The number of aliphatic carboxylic acids is 4. The van der Waals surface area contributed by atoms with Crippen molar-refractivity contribution in [3.8, 4) is 0 Å². The Morgan fingerprint density at radius 3 is 1.73 bits per heavy atom. The van der Waals surface area contributed by atoms with Crippen LogP contribution in [0.1, 0.15) is 120 Å². The van der Waals surface area contributed by atoms with Crippen molar-refractivity contribution in [2.75, 3.05) is 25.4 Å². The molecule has 1 fully saturated rings. The van der Waals surface area contributed by atoms with Gasteiger partial charge in [-0.15, -0.1) is 0 Å². The third kappa shape index (κ3) is 26.8. The van der Waals surface area contributed by atoms with E-state index in [0.29, 0.717) is 22.9 Å². The molecule has 3 aromatic rings. The standard InChI is InChI=1S/C64H85N15O25.8H2/c1-6-7-15-38-57(96)75-41(22-50(89)90)58(97)70-30(4)54(93)73-40(21-49(87)88)56(95)68-25-47(84)72-44(27-80)61(100)78-52(28(2)17-48(85)86)63(102)77-43(20-45(82)34-13-8-10-14-35(34)65)64(103)104-31(5)53(62(101)69-26-46(83)71-38)79-60(99)42(23-51(91)92)76-59(98)39(18-29(3)81)74-55(94)36(66)19-32-24-67-37-16-11-9-12-33(32)37;;;;;;;;/h8-14,16,24,28,30-31,36,38-44,52-53,67,80H,6-7,15,17-23,25-27,65-66H2,1-5H3,(H,68,95)(H,69,101)(H,70,97)(H,71,83)(H,72,84)(H,73,93)(H,74,94)(H,75,96)(H,76,98)(H,77,102)(H,78,100)(H,79,99)(H,85,86)(H,87,88)(H,89,90)(H,91,92);8*1H/t28?,30?,31?,36-,38?,39-,40?,41?,42?,43?,44?,52?,53?;;;;;;;;/m1......../s1. The lowest BCUT2D eigenvalue weighted by molar-refractivity contribution is -0.156. The summed E-state index contributed by atoms with van der Waals surface area (Å²) < 4.78 is 5.65. The minimum absolute atomic E-state index is 0. The highest BCUT2D eigenvalue weighted by Gasteiger charge is 2.41. The van der Waals surface area contributed by atoms with Crippen molar-refractivity contribution in [1.29, 1.82) is 0 Å². The summed E-state index contributed by atoms with van der Waals surface area (Å²) >= 11 is 0. The van der Waals surface area contributed by atoms with Crippen molar-refractivity contribution < 1.29 is 133 Å². The molecule has 13 atom stereocenters. The van der Waals surface area contributed by atoms with E-state index < -0.39 is 249 Å². The number of nitrogen functional groups attached to an aromatic ring is 1. The average molecular weight is 1480 g/mol. The SMILES string of the molecule is CCCCC1NC(=O)CNC(=O)C(NC(=O)C(CC(=O)O)NC(=O)[C@@H](CC(C)=O)NC(=O)[C@H](N)Cc2c[nH]c3ccccc23)C(C)OC(=O)C(CC(=O)c2ccccc2N)NC(=O)C(C(C)CC(=O)O)NC(=O)C(CO)NC(=O)CNC(=O)C(CC(=O)O)NC(=O)C(C)NC(=O)C(CC(=O)O)NC1=O.[HH].[HH].[HH].[HH].[HH].[HH].[HH].[HH].